The zero-order chi connectivity index (χ0) is 8.97. The van der Waals surface area contributed by atoms with Crippen molar-refractivity contribution in [3.63, 3.8) is 0 Å². The van der Waals surface area contributed by atoms with Crippen LogP contribution in [-0.2, 0) is 0 Å². The van der Waals surface area contributed by atoms with Crippen molar-refractivity contribution in [2.45, 2.75) is 52.5 Å². The number of rotatable bonds is 2. The van der Waals surface area contributed by atoms with Crippen LogP contribution in [0.25, 0.3) is 0 Å². The molecule has 1 saturated carbocycles. The van der Waals surface area contributed by atoms with Crippen molar-refractivity contribution in [2.75, 3.05) is 0 Å². The van der Waals surface area contributed by atoms with E-state index < -0.39 is 0 Å². The van der Waals surface area contributed by atoms with Gasteiger partial charge in [-0.15, -0.1) is 0 Å². The molecule has 12 heavy (non-hydrogen) atoms. The summed E-state index contributed by atoms with van der Waals surface area (Å²) in [4.78, 5) is 4.61. The van der Waals surface area contributed by atoms with Gasteiger partial charge in [0.05, 0.1) is 6.04 Å². The Morgan fingerprint density at radius 1 is 1.33 bits per heavy atom. The van der Waals surface area contributed by atoms with Crippen molar-refractivity contribution >= 4 is 6.21 Å². The molecular weight excluding hydrogens is 146 g/mol. The summed E-state index contributed by atoms with van der Waals surface area (Å²) in [6.45, 7) is 6.86. The van der Waals surface area contributed by atoms with Crippen molar-refractivity contribution in [2.24, 2.45) is 16.8 Å². The van der Waals surface area contributed by atoms with Gasteiger partial charge in [-0.3, -0.25) is 4.99 Å². The van der Waals surface area contributed by atoms with Crippen LogP contribution in [0.15, 0.2) is 4.99 Å². The largest absolute Gasteiger partial charge is 0.294 e. The van der Waals surface area contributed by atoms with Gasteiger partial charge in [0.25, 0.3) is 0 Å². The van der Waals surface area contributed by atoms with Crippen molar-refractivity contribution in [1.82, 2.24) is 0 Å². The summed E-state index contributed by atoms with van der Waals surface area (Å²) in [5.41, 5.74) is 0. The number of nitrogens with zero attached hydrogens (tertiary/aromatic N) is 1. The molecule has 0 radical (unpaired) electrons. The van der Waals surface area contributed by atoms with Crippen molar-refractivity contribution in [3.05, 3.63) is 0 Å². The summed E-state index contributed by atoms with van der Waals surface area (Å²) in [5, 5.41) is 0. The first-order valence-corrected chi connectivity index (χ1v) is 5.27. The van der Waals surface area contributed by atoms with Gasteiger partial charge in [0.15, 0.2) is 0 Å². The van der Waals surface area contributed by atoms with Gasteiger partial charge in [0.2, 0.25) is 0 Å². The van der Waals surface area contributed by atoms with E-state index in [-0.39, 0.29) is 0 Å². The molecule has 1 nitrogen and oxygen atoms in total. The molecule has 0 heterocycles. The fourth-order valence-electron chi connectivity index (χ4n) is 2.01. The second-order valence-electron chi connectivity index (χ2n) is 4.07. The average Bonchev–Trinajstić information content (AvgIpc) is 2.08. The first-order valence-electron chi connectivity index (χ1n) is 5.27. The predicted octanol–water partition coefficient (Wildman–Crippen LogP) is 3.29. The molecule has 0 aromatic rings. The smallest absolute Gasteiger partial charge is 0.0523 e. The lowest BCUT2D eigenvalue weighted by Crippen LogP contribution is -2.27. The van der Waals surface area contributed by atoms with Crippen molar-refractivity contribution in [3.8, 4) is 0 Å². The SMILES string of the molecule is CC/C=N\C1CCC[C@H](C)C1C. The molecule has 0 saturated heterocycles. The van der Waals surface area contributed by atoms with Crippen molar-refractivity contribution < 1.29 is 0 Å². The standard InChI is InChI=1S/C11H21N/c1-4-8-12-11-7-5-6-9(2)10(11)3/h8-11H,4-7H2,1-3H3/b12-8-/t9-,10?,11?/m0/s1. The van der Waals surface area contributed by atoms with Crippen LogP contribution in [0.1, 0.15) is 46.5 Å². The molecule has 1 aliphatic rings. The third-order valence-electron chi connectivity index (χ3n) is 3.14. The summed E-state index contributed by atoms with van der Waals surface area (Å²) >= 11 is 0. The third-order valence-corrected chi connectivity index (χ3v) is 3.14. The minimum atomic E-state index is 0.619. The Morgan fingerprint density at radius 2 is 2.08 bits per heavy atom. The first kappa shape index (κ1) is 9.76. The normalized spacial score (nSPS) is 37.4. The van der Waals surface area contributed by atoms with Crippen LogP contribution in [0.4, 0.5) is 0 Å². The quantitative estimate of drug-likeness (QED) is 0.560. The van der Waals surface area contributed by atoms with Crippen LogP contribution in [0, 0.1) is 11.8 Å². The molecule has 0 aliphatic heterocycles. The average molecular weight is 167 g/mol. The second kappa shape index (κ2) is 4.64. The minimum absolute atomic E-state index is 0.619. The van der Waals surface area contributed by atoms with Crippen LogP contribution in [0.5, 0.6) is 0 Å². The van der Waals surface area contributed by atoms with Crippen LogP contribution in [-0.4, -0.2) is 12.3 Å². The Morgan fingerprint density at radius 3 is 2.75 bits per heavy atom. The highest BCUT2D eigenvalue weighted by molar-refractivity contribution is 5.56. The van der Waals surface area contributed by atoms with E-state index in [0.29, 0.717) is 6.04 Å². The van der Waals surface area contributed by atoms with Crippen LogP contribution in [0.3, 0.4) is 0 Å². The molecule has 1 heteroatoms. The highest BCUT2D eigenvalue weighted by Crippen LogP contribution is 2.31. The van der Waals surface area contributed by atoms with E-state index in [1.54, 1.807) is 0 Å². The highest BCUT2D eigenvalue weighted by atomic mass is 14.8. The van der Waals surface area contributed by atoms with Crippen LogP contribution < -0.4 is 0 Å². The maximum atomic E-state index is 4.61. The Labute approximate surface area is 76.3 Å². The summed E-state index contributed by atoms with van der Waals surface area (Å²) in [6.07, 6.45) is 7.25. The van der Waals surface area contributed by atoms with Crippen LogP contribution in [0.2, 0.25) is 0 Å². The number of hydrogen-bond donors (Lipinski definition) is 0. The fourth-order valence-corrected chi connectivity index (χ4v) is 2.01. The summed E-state index contributed by atoms with van der Waals surface area (Å²) in [5.74, 6) is 1.67. The maximum Gasteiger partial charge on any atom is 0.0523 e. The van der Waals surface area contributed by atoms with E-state index in [0.717, 1.165) is 18.3 Å². The molecule has 0 amide bonds. The summed E-state index contributed by atoms with van der Waals surface area (Å²) in [6, 6.07) is 0.619. The van der Waals surface area contributed by atoms with Gasteiger partial charge in [0.1, 0.15) is 0 Å². The van der Waals surface area contributed by atoms with Gasteiger partial charge in [-0.25, -0.2) is 0 Å². The Kier molecular flexibility index (Phi) is 3.77. The number of aliphatic imine (C=N–C) groups is 1. The van der Waals surface area contributed by atoms with E-state index >= 15 is 0 Å². The lowest BCUT2D eigenvalue weighted by molar-refractivity contribution is 0.242. The minimum Gasteiger partial charge on any atom is -0.294 e. The van der Waals surface area contributed by atoms with Gasteiger partial charge in [-0.1, -0.05) is 33.6 Å². The Hall–Kier alpha value is -0.330. The van der Waals surface area contributed by atoms with Gasteiger partial charge in [-0.05, 0) is 30.9 Å². The topological polar surface area (TPSA) is 12.4 Å². The van der Waals surface area contributed by atoms with E-state index in [4.69, 9.17) is 0 Å². The molecule has 0 aromatic heterocycles. The lowest BCUT2D eigenvalue weighted by Gasteiger charge is -2.31. The highest BCUT2D eigenvalue weighted by Gasteiger charge is 2.25. The molecule has 0 bridgehead atoms. The lowest BCUT2D eigenvalue weighted by atomic mass is 9.78. The molecule has 0 spiro atoms. The Bertz CT molecular complexity index is 151. The van der Waals surface area contributed by atoms with Gasteiger partial charge in [0, 0.05) is 0 Å². The summed E-state index contributed by atoms with van der Waals surface area (Å²) < 4.78 is 0. The first-order chi connectivity index (χ1) is 5.75. The summed E-state index contributed by atoms with van der Waals surface area (Å²) in [7, 11) is 0. The second-order valence-corrected chi connectivity index (χ2v) is 4.07. The molecule has 70 valence electrons. The van der Waals surface area contributed by atoms with E-state index in [1.807, 2.05) is 0 Å². The molecule has 1 aliphatic carbocycles. The molecule has 0 N–H and O–H groups in total. The van der Waals surface area contributed by atoms with E-state index in [9.17, 15) is 0 Å². The number of hydrogen-bond acceptors (Lipinski definition) is 1. The van der Waals surface area contributed by atoms with Crippen LogP contribution >= 0.6 is 0 Å². The zero-order valence-electron chi connectivity index (χ0n) is 8.59. The zero-order valence-corrected chi connectivity index (χ0v) is 8.59. The molecule has 1 rings (SSSR count). The van der Waals surface area contributed by atoms with E-state index in [2.05, 4.69) is 32.0 Å². The van der Waals surface area contributed by atoms with Gasteiger partial charge < -0.3 is 0 Å². The van der Waals surface area contributed by atoms with Crippen molar-refractivity contribution in [1.29, 1.82) is 0 Å². The molecule has 1 fully saturated rings. The predicted molar refractivity (Wildman–Crippen MR) is 54.8 cm³/mol. The Balaban J connectivity index is 2.46. The third kappa shape index (κ3) is 2.33. The fraction of sp³-hybridized carbons (Fsp3) is 0.909. The molecule has 2 unspecified atom stereocenters. The van der Waals surface area contributed by atoms with Gasteiger partial charge >= 0.3 is 0 Å². The molecule has 3 atom stereocenters. The molecular formula is C11H21N. The maximum absolute atomic E-state index is 4.61. The molecule has 0 aromatic carbocycles. The monoisotopic (exact) mass is 167 g/mol. The van der Waals surface area contributed by atoms with E-state index in [1.165, 1.54) is 19.3 Å². The van der Waals surface area contributed by atoms with Gasteiger partial charge in [-0.2, -0.15) is 0 Å².